The topological polar surface area (TPSA) is 88.4 Å². The third-order valence-electron chi connectivity index (χ3n) is 8.18. The van der Waals surface area contributed by atoms with Gasteiger partial charge < -0.3 is 15.0 Å². The molecule has 33 heavy (non-hydrogen) atoms. The number of hydrogen-bond donors (Lipinski definition) is 2. The van der Waals surface area contributed by atoms with Crippen LogP contribution >= 0.6 is 0 Å². The van der Waals surface area contributed by atoms with Crippen molar-refractivity contribution < 1.29 is 14.7 Å². The number of aliphatic carboxylic acids is 1. The number of fused-ring (bicyclic) bond motifs is 1. The lowest BCUT2D eigenvalue weighted by Gasteiger charge is -2.29. The largest absolute Gasteiger partial charge is 0.480 e. The van der Waals surface area contributed by atoms with Gasteiger partial charge in [-0.2, -0.15) is 0 Å². The summed E-state index contributed by atoms with van der Waals surface area (Å²) in [7, 11) is 0. The molecule has 6 nitrogen and oxygen atoms in total. The Kier molecular flexibility index (Phi) is 8.26. The molecule has 182 valence electrons. The average molecular weight is 457 g/mol. The predicted molar refractivity (Wildman–Crippen MR) is 129 cm³/mol. The molecule has 1 amide bonds. The predicted octanol–water partition coefficient (Wildman–Crippen LogP) is 4.85. The smallest absolute Gasteiger partial charge is 0.326 e. The number of nitrogens with one attached hydrogen (secondary N) is 1. The number of aryl methyl sites for hydroxylation is 1. The van der Waals surface area contributed by atoms with Crippen molar-refractivity contribution in [1.29, 1.82) is 0 Å². The van der Waals surface area contributed by atoms with E-state index in [2.05, 4.69) is 5.32 Å². The highest BCUT2D eigenvalue weighted by atomic mass is 16.4. The second kappa shape index (κ2) is 11.3. The molecule has 0 unspecified atom stereocenters. The standard InChI is InChI=1S/C27H40N2O4/c30-25(28-24(27(32)33)20-13-8-4-9-14-20)22-17-21-15-7-1-2-10-16-23(21)29(26(22)31)18-19-11-5-3-6-12-19/h17,19-20,24H,1-16,18H2,(H,28,30)(H,32,33)/t24-/m0/s1. The number of amides is 1. The van der Waals surface area contributed by atoms with E-state index in [0.29, 0.717) is 12.5 Å². The van der Waals surface area contributed by atoms with Crippen LogP contribution in [-0.4, -0.2) is 27.6 Å². The Morgan fingerprint density at radius 3 is 2.18 bits per heavy atom. The van der Waals surface area contributed by atoms with E-state index in [1.54, 1.807) is 6.07 Å². The van der Waals surface area contributed by atoms with Crippen molar-refractivity contribution in [2.75, 3.05) is 0 Å². The summed E-state index contributed by atoms with van der Waals surface area (Å²) in [5.74, 6) is -1.09. The first-order valence-corrected chi connectivity index (χ1v) is 13.3. The van der Waals surface area contributed by atoms with Gasteiger partial charge in [-0.25, -0.2) is 4.79 Å². The van der Waals surface area contributed by atoms with Crippen molar-refractivity contribution in [1.82, 2.24) is 9.88 Å². The van der Waals surface area contributed by atoms with Gasteiger partial charge in [-0.15, -0.1) is 0 Å². The van der Waals surface area contributed by atoms with Crippen molar-refractivity contribution in [3.8, 4) is 0 Å². The number of carboxylic acid groups (broad SMARTS) is 1. The zero-order valence-corrected chi connectivity index (χ0v) is 19.9. The van der Waals surface area contributed by atoms with Crippen LogP contribution in [0.4, 0.5) is 0 Å². The maximum atomic E-state index is 13.6. The summed E-state index contributed by atoms with van der Waals surface area (Å²) in [4.78, 5) is 39.0. The third kappa shape index (κ3) is 5.88. The van der Waals surface area contributed by atoms with E-state index in [0.717, 1.165) is 81.9 Å². The maximum Gasteiger partial charge on any atom is 0.326 e. The number of aromatic nitrogens is 1. The van der Waals surface area contributed by atoms with Crippen molar-refractivity contribution in [3.05, 3.63) is 33.2 Å². The van der Waals surface area contributed by atoms with Crippen LogP contribution < -0.4 is 10.9 Å². The highest BCUT2D eigenvalue weighted by Gasteiger charge is 2.32. The normalized spacial score (nSPS) is 21.5. The number of nitrogens with zero attached hydrogens (tertiary/aromatic N) is 1. The number of pyridine rings is 1. The van der Waals surface area contributed by atoms with Crippen molar-refractivity contribution in [2.24, 2.45) is 11.8 Å². The summed E-state index contributed by atoms with van der Waals surface area (Å²) in [6.07, 6.45) is 17.0. The van der Waals surface area contributed by atoms with Gasteiger partial charge in [0.15, 0.2) is 0 Å². The zero-order chi connectivity index (χ0) is 23.2. The fraction of sp³-hybridized carbons (Fsp3) is 0.741. The molecule has 1 aromatic rings. The monoisotopic (exact) mass is 456 g/mol. The second-order valence-corrected chi connectivity index (χ2v) is 10.6. The van der Waals surface area contributed by atoms with Crippen molar-refractivity contribution in [3.63, 3.8) is 0 Å². The quantitative estimate of drug-likeness (QED) is 0.640. The van der Waals surface area contributed by atoms with Gasteiger partial charge >= 0.3 is 5.97 Å². The summed E-state index contributed by atoms with van der Waals surface area (Å²) in [6, 6.07) is 0.862. The lowest BCUT2D eigenvalue weighted by molar-refractivity contribution is -0.141. The minimum Gasteiger partial charge on any atom is -0.480 e. The molecule has 4 rings (SSSR count). The van der Waals surface area contributed by atoms with Gasteiger partial charge in [0, 0.05) is 12.2 Å². The molecule has 0 bridgehead atoms. The van der Waals surface area contributed by atoms with Crippen molar-refractivity contribution in [2.45, 2.75) is 115 Å². The Morgan fingerprint density at radius 2 is 1.52 bits per heavy atom. The Bertz CT molecular complexity index is 894. The Morgan fingerprint density at radius 1 is 0.909 bits per heavy atom. The average Bonchev–Trinajstić information content (AvgIpc) is 2.81. The first-order chi connectivity index (χ1) is 16.0. The van der Waals surface area contributed by atoms with E-state index in [1.807, 2.05) is 4.57 Å². The minimum atomic E-state index is -0.996. The van der Waals surface area contributed by atoms with Crippen LogP contribution in [0.5, 0.6) is 0 Å². The lowest BCUT2D eigenvalue weighted by Crippen LogP contribution is -2.48. The number of carbonyl (C=O) groups excluding carboxylic acids is 1. The van der Waals surface area contributed by atoms with Gasteiger partial charge in [0.05, 0.1) is 0 Å². The van der Waals surface area contributed by atoms with E-state index >= 15 is 0 Å². The van der Waals surface area contributed by atoms with E-state index in [1.165, 1.54) is 32.1 Å². The van der Waals surface area contributed by atoms with Crippen LogP contribution in [0.1, 0.15) is 112 Å². The second-order valence-electron chi connectivity index (χ2n) is 10.6. The summed E-state index contributed by atoms with van der Waals surface area (Å²) in [5.41, 5.74) is 2.13. The molecule has 1 heterocycles. The molecule has 0 spiro atoms. The fourth-order valence-corrected chi connectivity index (χ4v) is 6.29. The number of carbonyl (C=O) groups is 2. The van der Waals surface area contributed by atoms with Gasteiger partial charge in [-0.05, 0) is 74.8 Å². The first-order valence-electron chi connectivity index (χ1n) is 13.3. The van der Waals surface area contributed by atoms with Gasteiger partial charge in [0.25, 0.3) is 11.5 Å². The molecule has 1 aromatic heterocycles. The van der Waals surface area contributed by atoms with Crippen LogP contribution in [0.3, 0.4) is 0 Å². The van der Waals surface area contributed by atoms with Crippen LogP contribution in [-0.2, 0) is 24.2 Å². The Labute approximate surface area is 197 Å². The molecule has 1 atom stereocenters. The number of rotatable bonds is 6. The number of hydrogen-bond acceptors (Lipinski definition) is 3. The molecule has 3 aliphatic rings. The Hall–Kier alpha value is -2.11. The molecule has 6 heteroatoms. The van der Waals surface area contributed by atoms with Gasteiger partial charge in [0.2, 0.25) is 0 Å². The summed E-state index contributed by atoms with van der Waals surface area (Å²) in [5, 5.41) is 12.6. The highest BCUT2D eigenvalue weighted by Crippen LogP contribution is 2.28. The molecular weight excluding hydrogens is 416 g/mol. The molecule has 0 saturated heterocycles. The molecule has 2 saturated carbocycles. The number of carboxylic acids is 1. The summed E-state index contributed by atoms with van der Waals surface area (Å²) >= 11 is 0. The third-order valence-corrected chi connectivity index (χ3v) is 8.18. The minimum absolute atomic E-state index is 0.0611. The highest BCUT2D eigenvalue weighted by molar-refractivity contribution is 5.96. The molecule has 2 fully saturated rings. The van der Waals surface area contributed by atoms with Gasteiger partial charge in [-0.1, -0.05) is 51.4 Å². The van der Waals surface area contributed by atoms with E-state index < -0.39 is 17.9 Å². The maximum absolute atomic E-state index is 13.6. The van der Waals surface area contributed by atoms with Gasteiger partial charge in [-0.3, -0.25) is 9.59 Å². The molecular formula is C27H40N2O4. The molecule has 3 aliphatic carbocycles. The zero-order valence-electron chi connectivity index (χ0n) is 19.9. The first kappa shape index (κ1) is 24.0. The summed E-state index contributed by atoms with van der Waals surface area (Å²) in [6.45, 7) is 0.688. The van der Waals surface area contributed by atoms with Gasteiger partial charge in [0.1, 0.15) is 11.6 Å². The van der Waals surface area contributed by atoms with Crippen LogP contribution in [0.2, 0.25) is 0 Å². The van der Waals surface area contributed by atoms with E-state index in [-0.39, 0.29) is 17.0 Å². The van der Waals surface area contributed by atoms with Crippen LogP contribution in [0.25, 0.3) is 0 Å². The lowest BCUT2D eigenvalue weighted by atomic mass is 9.83. The Balaban J connectivity index is 1.65. The molecule has 0 aliphatic heterocycles. The van der Waals surface area contributed by atoms with Crippen LogP contribution in [0.15, 0.2) is 10.9 Å². The van der Waals surface area contributed by atoms with Crippen LogP contribution in [0, 0.1) is 11.8 Å². The molecule has 2 N–H and O–H groups in total. The molecule has 0 radical (unpaired) electrons. The van der Waals surface area contributed by atoms with Crippen molar-refractivity contribution >= 4 is 11.9 Å². The molecule has 0 aromatic carbocycles. The van der Waals surface area contributed by atoms with E-state index in [4.69, 9.17) is 0 Å². The SMILES string of the molecule is O=C(N[C@H](C(=O)O)C1CCCCC1)c1cc2c(n(CC3CCCCC3)c1=O)CCCCCC2. The fourth-order valence-electron chi connectivity index (χ4n) is 6.29. The van der Waals surface area contributed by atoms with E-state index in [9.17, 15) is 19.5 Å². The summed E-state index contributed by atoms with van der Waals surface area (Å²) < 4.78 is 1.90.